The first-order valence-electron chi connectivity index (χ1n) is 9.25. The maximum absolute atomic E-state index is 12.8. The molecule has 28 heavy (non-hydrogen) atoms. The largest absolute Gasteiger partial charge is 0.350 e. The number of carbonyl (C=O) groups is 1. The molecule has 1 N–H and O–H groups in total. The molecule has 0 aliphatic rings. The van der Waals surface area contributed by atoms with E-state index in [1.54, 1.807) is 24.3 Å². The number of nitrogens with zero attached hydrogens (tertiary/aromatic N) is 5. The minimum absolute atomic E-state index is 0.177. The third-order valence-corrected chi connectivity index (χ3v) is 4.54. The summed E-state index contributed by atoms with van der Waals surface area (Å²) >= 11 is 0. The van der Waals surface area contributed by atoms with Crippen LogP contribution in [0.2, 0.25) is 0 Å². The van der Waals surface area contributed by atoms with Crippen LogP contribution >= 0.6 is 0 Å². The number of carbonyl (C=O) groups excluding carboxylic acids is 1. The first-order chi connectivity index (χ1) is 13.7. The maximum Gasteiger partial charge on any atom is 0.274 e. The summed E-state index contributed by atoms with van der Waals surface area (Å²) in [5.74, 6) is 0.458. The second-order valence-electron chi connectivity index (χ2n) is 6.47. The van der Waals surface area contributed by atoms with Gasteiger partial charge in [0.05, 0.1) is 5.39 Å². The molecule has 0 radical (unpaired) electrons. The molecule has 142 valence electrons. The van der Waals surface area contributed by atoms with Crippen molar-refractivity contribution in [3.8, 4) is 0 Å². The van der Waals surface area contributed by atoms with Crippen molar-refractivity contribution in [3.63, 3.8) is 0 Å². The Morgan fingerprint density at radius 2 is 1.86 bits per heavy atom. The van der Waals surface area contributed by atoms with E-state index >= 15 is 0 Å². The van der Waals surface area contributed by atoms with Gasteiger partial charge in [-0.25, -0.2) is 4.68 Å². The molecule has 0 unspecified atom stereocenters. The Balaban J connectivity index is 1.57. The molecule has 0 spiro atoms. The molecule has 0 saturated heterocycles. The van der Waals surface area contributed by atoms with Gasteiger partial charge in [-0.2, -0.15) is 5.10 Å². The molecule has 0 aliphatic heterocycles. The van der Waals surface area contributed by atoms with Crippen LogP contribution in [-0.4, -0.2) is 36.8 Å². The third kappa shape index (κ3) is 3.24. The number of pyridine rings is 1. The first kappa shape index (κ1) is 17.8. The lowest BCUT2D eigenvalue weighted by molar-refractivity contribution is 0.0948. The van der Waals surface area contributed by atoms with Crippen LogP contribution in [0.1, 0.15) is 29.7 Å². The number of aromatic nitrogens is 5. The van der Waals surface area contributed by atoms with Crippen molar-refractivity contribution in [1.82, 2.24) is 29.7 Å². The van der Waals surface area contributed by atoms with Gasteiger partial charge in [0, 0.05) is 31.1 Å². The second kappa shape index (κ2) is 7.59. The summed E-state index contributed by atoms with van der Waals surface area (Å²) < 4.78 is 3.25. The van der Waals surface area contributed by atoms with Gasteiger partial charge < -0.3 is 5.32 Å². The fourth-order valence-corrected chi connectivity index (χ4v) is 3.20. The number of aryl methyl sites for hydroxylation is 1. The van der Waals surface area contributed by atoms with E-state index in [2.05, 4.69) is 20.6 Å². The van der Waals surface area contributed by atoms with Gasteiger partial charge in [0.2, 0.25) is 0 Å². The van der Waals surface area contributed by atoms with Crippen LogP contribution in [0.3, 0.4) is 0 Å². The molecule has 8 nitrogen and oxygen atoms in total. The van der Waals surface area contributed by atoms with Crippen LogP contribution in [0.5, 0.6) is 0 Å². The summed E-state index contributed by atoms with van der Waals surface area (Å²) in [5, 5.41) is 16.5. The van der Waals surface area contributed by atoms with E-state index < -0.39 is 0 Å². The summed E-state index contributed by atoms with van der Waals surface area (Å²) in [5.41, 5.74) is 0.849. The summed E-state index contributed by atoms with van der Waals surface area (Å²) in [7, 11) is 0. The highest BCUT2D eigenvalue weighted by Crippen LogP contribution is 2.13. The molecular formula is C20H20N6O2. The number of nitrogens with one attached hydrogen (secondary N) is 1. The molecular weight excluding hydrogens is 356 g/mol. The molecule has 1 amide bonds. The average molecular weight is 376 g/mol. The summed E-state index contributed by atoms with van der Waals surface area (Å²) in [6.45, 7) is 2.82. The van der Waals surface area contributed by atoms with Gasteiger partial charge in [0.1, 0.15) is 5.82 Å². The minimum Gasteiger partial charge on any atom is -0.350 e. The molecule has 0 aliphatic carbocycles. The molecule has 0 saturated carbocycles. The Bertz CT molecular complexity index is 1210. The van der Waals surface area contributed by atoms with E-state index in [0.29, 0.717) is 30.3 Å². The SMILES string of the molecule is CCCn1nc(C(=O)NCCc2nnc3ccccn23)c2ccccc2c1=O. The molecule has 4 aromatic rings. The maximum atomic E-state index is 12.8. The van der Waals surface area contributed by atoms with Crippen LogP contribution in [0.25, 0.3) is 16.4 Å². The lowest BCUT2D eigenvalue weighted by Gasteiger charge is -2.10. The molecule has 3 heterocycles. The molecule has 3 aromatic heterocycles. The van der Waals surface area contributed by atoms with Crippen LogP contribution in [0, 0.1) is 0 Å². The standard InChI is InChI=1S/C20H20N6O2/c1-2-12-26-20(28)15-8-4-3-7-14(15)18(24-26)19(27)21-11-10-17-23-22-16-9-5-6-13-25(16)17/h3-9,13H,2,10-12H2,1H3,(H,21,27). The number of fused-ring (bicyclic) bond motifs is 2. The fraction of sp³-hybridized carbons (Fsp3) is 0.250. The predicted molar refractivity (Wildman–Crippen MR) is 105 cm³/mol. The van der Waals surface area contributed by atoms with E-state index in [-0.39, 0.29) is 17.2 Å². The van der Waals surface area contributed by atoms with Crippen molar-refractivity contribution < 1.29 is 4.79 Å². The fourth-order valence-electron chi connectivity index (χ4n) is 3.20. The van der Waals surface area contributed by atoms with Crippen molar-refractivity contribution in [2.45, 2.75) is 26.3 Å². The number of amides is 1. The highest BCUT2D eigenvalue weighted by Gasteiger charge is 2.16. The third-order valence-electron chi connectivity index (χ3n) is 4.54. The van der Waals surface area contributed by atoms with Gasteiger partial charge in [0.15, 0.2) is 11.3 Å². The minimum atomic E-state index is -0.310. The summed E-state index contributed by atoms with van der Waals surface area (Å²) in [6, 6.07) is 12.8. The van der Waals surface area contributed by atoms with Crippen molar-refractivity contribution in [1.29, 1.82) is 0 Å². The molecule has 0 atom stereocenters. The highest BCUT2D eigenvalue weighted by molar-refractivity contribution is 6.04. The molecule has 8 heteroatoms. The number of hydrogen-bond acceptors (Lipinski definition) is 5. The van der Waals surface area contributed by atoms with Gasteiger partial charge in [-0.15, -0.1) is 10.2 Å². The normalized spacial score (nSPS) is 11.2. The number of hydrogen-bond donors (Lipinski definition) is 1. The predicted octanol–water partition coefficient (Wildman–Crippen LogP) is 1.82. The van der Waals surface area contributed by atoms with Gasteiger partial charge >= 0.3 is 0 Å². The number of rotatable bonds is 6. The molecule has 0 bridgehead atoms. The van der Waals surface area contributed by atoms with E-state index in [1.165, 1.54) is 4.68 Å². The van der Waals surface area contributed by atoms with Crippen molar-refractivity contribution >= 4 is 22.3 Å². The van der Waals surface area contributed by atoms with Crippen molar-refractivity contribution in [2.75, 3.05) is 6.54 Å². The van der Waals surface area contributed by atoms with Crippen molar-refractivity contribution in [2.24, 2.45) is 0 Å². The van der Waals surface area contributed by atoms with Crippen LogP contribution in [0.4, 0.5) is 0 Å². The second-order valence-corrected chi connectivity index (χ2v) is 6.47. The van der Waals surface area contributed by atoms with Gasteiger partial charge in [-0.3, -0.25) is 14.0 Å². The van der Waals surface area contributed by atoms with Gasteiger partial charge in [-0.05, 0) is 24.6 Å². The zero-order chi connectivity index (χ0) is 19.5. The highest BCUT2D eigenvalue weighted by atomic mass is 16.2. The summed E-state index contributed by atoms with van der Waals surface area (Å²) in [6.07, 6.45) is 3.18. The van der Waals surface area contributed by atoms with E-state index in [9.17, 15) is 9.59 Å². The Labute approximate surface area is 160 Å². The van der Waals surface area contributed by atoms with E-state index in [4.69, 9.17) is 0 Å². The van der Waals surface area contributed by atoms with Crippen LogP contribution in [-0.2, 0) is 13.0 Å². The monoisotopic (exact) mass is 376 g/mol. The topological polar surface area (TPSA) is 94.2 Å². The molecule has 4 rings (SSSR count). The van der Waals surface area contributed by atoms with E-state index in [0.717, 1.165) is 17.9 Å². The molecule has 0 fully saturated rings. The quantitative estimate of drug-likeness (QED) is 0.554. The average Bonchev–Trinajstić information content (AvgIpc) is 3.13. The van der Waals surface area contributed by atoms with Crippen LogP contribution in [0.15, 0.2) is 53.5 Å². The van der Waals surface area contributed by atoms with Gasteiger partial charge in [0.25, 0.3) is 11.5 Å². The zero-order valence-electron chi connectivity index (χ0n) is 15.5. The first-order valence-corrected chi connectivity index (χ1v) is 9.25. The Morgan fingerprint density at radius 1 is 1.07 bits per heavy atom. The molecule has 1 aromatic carbocycles. The van der Waals surface area contributed by atoms with E-state index in [1.807, 2.05) is 35.7 Å². The smallest absolute Gasteiger partial charge is 0.274 e. The van der Waals surface area contributed by atoms with Gasteiger partial charge in [-0.1, -0.05) is 31.2 Å². The lowest BCUT2D eigenvalue weighted by Crippen LogP contribution is -2.31. The lowest BCUT2D eigenvalue weighted by atomic mass is 10.1. The Morgan fingerprint density at radius 3 is 2.68 bits per heavy atom. The summed E-state index contributed by atoms with van der Waals surface area (Å²) in [4.78, 5) is 25.3. The number of benzene rings is 1. The van der Waals surface area contributed by atoms with Crippen molar-refractivity contribution in [3.05, 3.63) is 70.5 Å². The Hall–Kier alpha value is -3.55. The van der Waals surface area contributed by atoms with Crippen LogP contribution < -0.4 is 10.9 Å². The zero-order valence-corrected chi connectivity index (χ0v) is 15.5. The Kier molecular flexibility index (Phi) is 4.84.